The topological polar surface area (TPSA) is 72.4 Å². The smallest absolute Gasteiger partial charge is 0.244 e. The third-order valence-electron chi connectivity index (χ3n) is 3.78. The third-order valence-corrected chi connectivity index (χ3v) is 7.71. The van der Waals surface area contributed by atoms with Crippen LogP contribution in [0.25, 0.3) is 10.2 Å². The van der Waals surface area contributed by atoms with E-state index in [-0.39, 0.29) is 4.90 Å². The van der Waals surface area contributed by atoms with E-state index >= 15 is 0 Å². The van der Waals surface area contributed by atoms with Crippen molar-refractivity contribution in [3.63, 3.8) is 0 Å². The van der Waals surface area contributed by atoms with Crippen molar-refractivity contribution in [1.29, 1.82) is 0 Å². The van der Waals surface area contributed by atoms with E-state index in [1.54, 1.807) is 23.5 Å². The highest BCUT2D eigenvalue weighted by Gasteiger charge is 2.26. The van der Waals surface area contributed by atoms with Crippen molar-refractivity contribution in [2.45, 2.75) is 14.3 Å². The van der Waals surface area contributed by atoms with Crippen LogP contribution >= 0.6 is 23.1 Å². The number of ether oxygens (including phenoxy) is 1. The fraction of sp³-hybridized carbons (Fsp3) is 0.250. The standard InChI is InChI=1S/C16H15N3O3S3/c20-25(21,19-7-9-22-10-8-19)12-5-6-15(17-11-12)24-16-18-13-3-1-2-4-14(13)23-16/h1-6,11H,7-10H2. The highest BCUT2D eigenvalue weighted by molar-refractivity contribution is 8.01. The van der Waals surface area contributed by atoms with Crippen molar-refractivity contribution >= 4 is 43.3 Å². The lowest BCUT2D eigenvalue weighted by atomic mass is 10.3. The predicted octanol–water partition coefficient (Wildman–Crippen LogP) is 2.86. The number of fused-ring (bicyclic) bond motifs is 1. The van der Waals surface area contributed by atoms with Gasteiger partial charge in [-0.15, -0.1) is 11.3 Å². The number of hydrogen-bond acceptors (Lipinski definition) is 7. The van der Waals surface area contributed by atoms with Crippen LogP contribution in [0, 0.1) is 0 Å². The van der Waals surface area contributed by atoms with Gasteiger partial charge in [-0.2, -0.15) is 4.31 Å². The Hall–Kier alpha value is -1.52. The van der Waals surface area contributed by atoms with Crippen molar-refractivity contribution in [2.24, 2.45) is 0 Å². The van der Waals surface area contributed by atoms with Crippen LogP contribution in [0.3, 0.4) is 0 Å². The fourth-order valence-corrected chi connectivity index (χ4v) is 5.81. The van der Waals surface area contributed by atoms with Crippen molar-refractivity contribution in [3.05, 3.63) is 42.6 Å². The molecule has 1 fully saturated rings. The molecule has 9 heteroatoms. The van der Waals surface area contributed by atoms with E-state index in [2.05, 4.69) is 9.97 Å². The van der Waals surface area contributed by atoms with E-state index in [9.17, 15) is 8.42 Å². The minimum atomic E-state index is -3.50. The Morgan fingerprint density at radius 1 is 1.12 bits per heavy atom. The summed E-state index contributed by atoms with van der Waals surface area (Å²) in [5.41, 5.74) is 0.960. The van der Waals surface area contributed by atoms with Gasteiger partial charge in [0, 0.05) is 19.3 Å². The second-order valence-electron chi connectivity index (χ2n) is 5.40. The van der Waals surface area contributed by atoms with Crippen molar-refractivity contribution in [1.82, 2.24) is 14.3 Å². The number of benzene rings is 1. The number of rotatable bonds is 4. The van der Waals surface area contributed by atoms with Crippen molar-refractivity contribution in [2.75, 3.05) is 26.3 Å². The van der Waals surface area contributed by atoms with Gasteiger partial charge in [-0.1, -0.05) is 12.1 Å². The molecule has 1 aliphatic rings. The maximum Gasteiger partial charge on any atom is 0.244 e. The van der Waals surface area contributed by atoms with Gasteiger partial charge >= 0.3 is 0 Å². The SMILES string of the molecule is O=S(=O)(c1ccc(Sc2nc3ccccc3s2)nc1)N1CCOCC1. The Morgan fingerprint density at radius 3 is 2.64 bits per heavy atom. The second-order valence-corrected chi connectivity index (χ2v) is 9.63. The third kappa shape index (κ3) is 3.56. The molecule has 0 spiro atoms. The lowest BCUT2D eigenvalue weighted by Crippen LogP contribution is -2.40. The Labute approximate surface area is 153 Å². The summed E-state index contributed by atoms with van der Waals surface area (Å²) in [5, 5.41) is 0.722. The number of thiazole rings is 1. The van der Waals surface area contributed by atoms with Crippen LogP contribution in [0.1, 0.15) is 0 Å². The first-order valence-corrected chi connectivity index (χ1v) is 10.8. The molecule has 0 N–H and O–H groups in total. The lowest BCUT2D eigenvalue weighted by Gasteiger charge is -2.25. The molecule has 0 atom stereocenters. The number of morpholine rings is 1. The van der Waals surface area contributed by atoms with Crippen LogP contribution in [-0.2, 0) is 14.8 Å². The zero-order chi connectivity index (χ0) is 17.3. The minimum Gasteiger partial charge on any atom is -0.379 e. The maximum atomic E-state index is 12.6. The van der Waals surface area contributed by atoms with Crippen LogP contribution in [0.4, 0.5) is 0 Å². The van der Waals surface area contributed by atoms with Gasteiger partial charge in [0.05, 0.1) is 23.4 Å². The van der Waals surface area contributed by atoms with Gasteiger partial charge < -0.3 is 4.74 Å². The molecule has 0 radical (unpaired) electrons. The van der Waals surface area contributed by atoms with Gasteiger partial charge in [-0.3, -0.25) is 0 Å². The molecular weight excluding hydrogens is 378 g/mol. The molecule has 3 aromatic rings. The first-order valence-electron chi connectivity index (χ1n) is 7.70. The number of hydrogen-bond donors (Lipinski definition) is 0. The quantitative estimate of drug-likeness (QED) is 0.679. The fourth-order valence-electron chi connectivity index (χ4n) is 2.50. The predicted molar refractivity (Wildman–Crippen MR) is 97.6 cm³/mol. The highest BCUT2D eigenvalue weighted by atomic mass is 32.2. The van der Waals surface area contributed by atoms with Crippen LogP contribution < -0.4 is 0 Å². The van der Waals surface area contributed by atoms with Gasteiger partial charge in [-0.25, -0.2) is 18.4 Å². The second kappa shape index (κ2) is 7.00. The first-order chi connectivity index (χ1) is 12.1. The van der Waals surface area contributed by atoms with Crippen LogP contribution in [-0.4, -0.2) is 49.0 Å². The zero-order valence-electron chi connectivity index (χ0n) is 13.2. The normalized spacial score (nSPS) is 16.3. The molecule has 25 heavy (non-hydrogen) atoms. The number of aromatic nitrogens is 2. The van der Waals surface area contributed by atoms with Crippen LogP contribution in [0.2, 0.25) is 0 Å². The summed E-state index contributed by atoms with van der Waals surface area (Å²) < 4.78 is 33.8. The molecule has 0 saturated carbocycles. The van der Waals surface area contributed by atoms with Crippen LogP contribution in [0.5, 0.6) is 0 Å². The van der Waals surface area contributed by atoms with E-state index < -0.39 is 10.0 Å². The van der Waals surface area contributed by atoms with Gasteiger partial charge in [-0.05, 0) is 36.0 Å². The summed E-state index contributed by atoms with van der Waals surface area (Å²) in [4.78, 5) is 9.06. The van der Waals surface area contributed by atoms with Crippen molar-refractivity contribution in [3.8, 4) is 0 Å². The highest BCUT2D eigenvalue weighted by Crippen LogP contribution is 2.33. The van der Waals surface area contributed by atoms with E-state index in [1.165, 1.54) is 22.3 Å². The summed E-state index contributed by atoms with van der Waals surface area (Å²) in [5.74, 6) is 0. The first kappa shape index (κ1) is 16.9. The summed E-state index contributed by atoms with van der Waals surface area (Å²) in [6, 6.07) is 11.3. The largest absolute Gasteiger partial charge is 0.379 e. The van der Waals surface area contributed by atoms with Gasteiger partial charge in [0.1, 0.15) is 9.92 Å². The Bertz CT molecular complexity index is 948. The molecule has 0 bridgehead atoms. The summed E-state index contributed by atoms with van der Waals surface area (Å²) in [6.07, 6.45) is 1.42. The average molecular weight is 394 g/mol. The van der Waals surface area contributed by atoms with E-state index in [4.69, 9.17) is 4.74 Å². The molecule has 1 saturated heterocycles. The summed E-state index contributed by atoms with van der Waals surface area (Å²) in [6.45, 7) is 1.62. The van der Waals surface area contributed by atoms with E-state index in [1.807, 2.05) is 24.3 Å². The molecule has 0 amide bonds. The Morgan fingerprint density at radius 2 is 1.92 bits per heavy atom. The number of sulfonamides is 1. The average Bonchev–Trinajstić information content (AvgIpc) is 3.05. The van der Waals surface area contributed by atoms with Gasteiger partial charge in [0.2, 0.25) is 10.0 Å². The number of nitrogens with zero attached hydrogens (tertiary/aromatic N) is 3. The molecule has 6 nitrogen and oxygen atoms in total. The molecule has 3 heterocycles. The van der Waals surface area contributed by atoms with Gasteiger partial charge in [0.15, 0.2) is 4.34 Å². The molecule has 0 unspecified atom stereocenters. The molecule has 0 aliphatic carbocycles. The van der Waals surface area contributed by atoms with E-state index in [0.29, 0.717) is 26.3 Å². The number of pyridine rings is 1. The molecule has 1 aromatic carbocycles. The van der Waals surface area contributed by atoms with Crippen molar-refractivity contribution < 1.29 is 13.2 Å². The van der Waals surface area contributed by atoms with Crippen LogP contribution in [0.15, 0.2) is 56.9 Å². The van der Waals surface area contributed by atoms with E-state index in [0.717, 1.165) is 19.6 Å². The summed E-state index contributed by atoms with van der Waals surface area (Å²) >= 11 is 3.03. The molecule has 4 rings (SSSR count). The zero-order valence-corrected chi connectivity index (χ0v) is 15.6. The Kier molecular flexibility index (Phi) is 4.74. The monoisotopic (exact) mass is 393 g/mol. The molecular formula is C16H15N3O3S3. The minimum absolute atomic E-state index is 0.211. The number of para-hydroxylation sites is 1. The maximum absolute atomic E-state index is 12.6. The lowest BCUT2D eigenvalue weighted by molar-refractivity contribution is 0.0730. The molecule has 130 valence electrons. The Balaban J connectivity index is 1.53. The molecule has 2 aromatic heterocycles. The summed E-state index contributed by atoms with van der Waals surface area (Å²) in [7, 11) is -3.50. The molecule has 1 aliphatic heterocycles. The van der Waals surface area contributed by atoms with Gasteiger partial charge in [0.25, 0.3) is 0 Å².